The molecule has 4 nitrogen and oxygen atoms in total. The lowest BCUT2D eigenvalue weighted by molar-refractivity contribution is 0.154. The Morgan fingerprint density at radius 3 is 2.96 bits per heavy atom. The number of H-pyrrole nitrogens is 1. The average molecular weight is 363 g/mol. The summed E-state index contributed by atoms with van der Waals surface area (Å²) in [6.07, 6.45) is 1.86. The molecule has 2 N–H and O–H groups in total. The Morgan fingerprint density at radius 1 is 1.21 bits per heavy atom. The molecule has 1 atom stereocenters. The number of aromatic nitrogens is 2. The molecule has 1 aliphatic heterocycles. The minimum absolute atomic E-state index is 0. The van der Waals surface area contributed by atoms with E-state index in [4.69, 9.17) is 11.6 Å². The van der Waals surface area contributed by atoms with Crippen LogP contribution < -0.4 is 5.32 Å². The molecule has 0 bridgehead atoms. The second-order valence-corrected chi connectivity index (χ2v) is 6.41. The second-order valence-electron chi connectivity index (χ2n) is 6.00. The Balaban J connectivity index is 0.00000169. The summed E-state index contributed by atoms with van der Waals surface area (Å²) in [5.74, 6) is 0. The highest BCUT2D eigenvalue weighted by molar-refractivity contribution is 6.31. The molecule has 0 aliphatic carbocycles. The summed E-state index contributed by atoms with van der Waals surface area (Å²) >= 11 is 6.42. The molecule has 0 saturated carbocycles. The quantitative estimate of drug-likeness (QED) is 0.744. The molecule has 0 radical (unpaired) electrons. The number of hydrogen-bond donors (Lipinski definition) is 2. The van der Waals surface area contributed by atoms with E-state index in [9.17, 15) is 0 Å². The zero-order chi connectivity index (χ0) is 15.6. The minimum Gasteiger partial charge on any atom is -0.314 e. The first kappa shape index (κ1) is 17.2. The van der Waals surface area contributed by atoms with Gasteiger partial charge in [0, 0.05) is 42.6 Å². The highest BCUT2D eigenvalue weighted by Gasteiger charge is 2.25. The lowest BCUT2D eigenvalue weighted by Gasteiger charge is -2.37. The Hall–Kier alpha value is -1.59. The van der Waals surface area contributed by atoms with Gasteiger partial charge >= 0.3 is 0 Å². The SMILES string of the molecule is Cl.Clc1ccccc1C1CNCCN1Cc1ccc2cn[nH]c2c1. The largest absolute Gasteiger partial charge is 0.314 e. The van der Waals surface area contributed by atoms with Crippen molar-refractivity contribution in [2.45, 2.75) is 12.6 Å². The molecule has 1 saturated heterocycles. The van der Waals surface area contributed by atoms with Gasteiger partial charge in [-0.15, -0.1) is 12.4 Å². The van der Waals surface area contributed by atoms with Gasteiger partial charge in [0.1, 0.15) is 0 Å². The highest BCUT2D eigenvalue weighted by atomic mass is 35.5. The zero-order valence-electron chi connectivity index (χ0n) is 13.2. The van der Waals surface area contributed by atoms with Crippen LogP contribution in [0, 0.1) is 0 Å². The first-order valence-electron chi connectivity index (χ1n) is 7.92. The summed E-state index contributed by atoms with van der Waals surface area (Å²) in [7, 11) is 0. The van der Waals surface area contributed by atoms with Crippen LogP contribution in [0.25, 0.3) is 10.9 Å². The third-order valence-electron chi connectivity index (χ3n) is 4.51. The lowest BCUT2D eigenvalue weighted by Crippen LogP contribution is -2.45. The molecular weight excluding hydrogens is 343 g/mol. The van der Waals surface area contributed by atoms with E-state index < -0.39 is 0 Å². The van der Waals surface area contributed by atoms with Crippen LogP contribution in [0.5, 0.6) is 0 Å². The van der Waals surface area contributed by atoms with Gasteiger partial charge in [0.2, 0.25) is 0 Å². The standard InChI is InChI=1S/C18H19ClN4.ClH/c19-16-4-2-1-3-15(16)18-11-20-7-8-23(18)12-13-5-6-14-10-21-22-17(14)9-13;/h1-6,9-10,18,20H,7-8,11-12H2,(H,21,22);1H. The fourth-order valence-corrected chi connectivity index (χ4v) is 3.57. The van der Waals surface area contributed by atoms with Gasteiger partial charge in [0.15, 0.2) is 0 Å². The summed E-state index contributed by atoms with van der Waals surface area (Å²) in [5, 5.41) is 12.6. The maximum Gasteiger partial charge on any atom is 0.0653 e. The molecule has 3 aromatic rings. The number of halogens is 2. The monoisotopic (exact) mass is 362 g/mol. The van der Waals surface area contributed by atoms with Crippen LogP contribution in [-0.4, -0.2) is 34.7 Å². The minimum atomic E-state index is 0. The molecule has 0 spiro atoms. The summed E-state index contributed by atoms with van der Waals surface area (Å²) in [4.78, 5) is 2.50. The summed E-state index contributed by atoms with van der Waals surface area (Å²) < 4.78 is 0. The first-order chi connectivity index (χ1) is 11.3. The predicted octanol–water partition coefficient (Wildman–Crippen LogP) is 3.78. The summed E-state index contributed by atoms with van der Waals surface area (Å²) in [6, 6.07) is 14.9. The molecular formula is C18H20Cl2N4. The fraction of sp³-hybridized carbons (Fsp3) is 0.278. The van der Waals surface area contributed by atoms with Crippen molar-refractivity contribution in [1.82, 2.24) is 20.4 Å². The van der Waals surface area contributed by atoms with Crippen molar-refractivity contribution in [3.05, 3.63) is 64.8 Å². The van der Waals surface area contributed by atoms with E-state index in [2.05, 4.69) is 50.7 Å². The van der Waals surface area contributed by atoms with E-state index in [1.807, 2.05) is 18.3 Å². The van der Waals surface area contributed by atoms with Crippen LogP contribution in [0.3, 0.4) is 0 Å². The van der Waals surface area contributed by atoms with E-state index in [0.29, 0.717) is 6.04 Å². The Labute approximate surface area is 152 Å². The molecule has 6 heteroatoms. The van der Waals surface area contributed by atoms with Crippen molar-refractivity contribution in [2.75, 3.05) is 19.6 Å². The van der Waals surface area contributed by atoms with Gasteiger partial charge in [-0.25, -0.2) is 0 Å². The van der Waals surface area contributed by atoms with E-state index in [-0.39, 0.29) is 12.4 Å². The molecule has 0 amide bonds. The van der Waals surface area contributed by atoms with Crippen molar-refractivity contribution in [3.63, 3.8) is 0 Å². The van der Waals surface area contributed by atoms with E-state index in [1.165, 1.54) is 11.1 Å². The van der Waals surface area contributed by atoms with Crippen LogP contribution in [0.1, 0.15) is 17.2 Å². The van der Waals surface area contributed by atoms with Crippen LogP contribution in [0.15, 0.2) is 48.7 Å². The number of benzene rings is 2. The summed E-state index contributed by atoms with van der Waals surface area (Å²) in [5.41, 5.74) is 3.58. The lowest BCUT2D eigenvalue weighted by atomic mass is 10.0. The maximum atomic E-state index is 6.42. The second kappa shape index (κ2) is 7.53. The molecule has 24 heavy (non-hydrogen) atoms. The van der Waals surface area contributed by atoms with Gasteiger partial charge in [-0.05, 0) is 23.3 Å². The summed E-state index contributed by atoms with van der Waals surface area (Å²) in [6.45, 7) is 3.85. The average Bonchev–Trinajstić information content (AvgIpc) is 3.04. The van der Waals surface area contributed by atoms with Crippen molar-refractivity contribution in [1.29, 1.82) is 0 Å². The van der Waals surface area contributed by atoms with Gasteiger partial charge in [0.25, 0.3) is 0 Å². The smallest absolute Gasteiger partial charge is 0.0653 e. The van der Waals surface area contributed by atoms with Crippen molar-refractivity contribution < 1.29 is 0 Å². The number of fused-ring (bicyclic) bond motifs is 1. The number of aromatic amines is 1. The van der Waals surface area contributed by atoms with Gasteiger partial charge in [-0.3, -0.25) is 10.00 Å². The van der Waals surface area contributed by atoms with Crippen LogP contribution >= 0.6 is 24.0 Å². The topological polar surface area (TPSA) is 44.0 Å². The van der Waals surface area contributed by atoms with Crippen LogP contribution in [0.2, 0.25) is 5.02 Å². The highest BCUT2D eigenvalue weighted by Crippen LogP contribution is 2.29. The van der Waals surface area contributed by atoms with Crippen LogP contribution in [0.4, 0.5) is 0 Å². The third-order valence-corrected chi connectivity index (χ3v) is 4.85. The van der Waals surface area contributed by atoms with Crippen molar-refractivity contribution in [3.8, 4) is 0 Å². The Morgan fingerprint density at radius 2 is 2.08 bits per heavy atom. The van der Waals surface area contributed by atoms with Crippen LogP contribution in [-0.2, 0) is 6.54 Å². The van der Waals surface area contributed by atoms with Gasteiger partial charge < -0.3 is 5.32 Å². The van der Waals surface area contributed by atoms with E-state index >= 15 is 0 Å². The fourth-order valence-electron chi connectivity index (χ4n) is 3.30. The predicted molar refractivity (Wildman–Crippen MR) is 101 cm³/mol. The molecule has 1 aromatic heterocycles. The van der Waals surface area contributed by atoms with Gasteiger partial charge in [-0.2, -0.15) is 5.10 Å². The molecule has 1 unspecified atom stereocenters. The van der Waals surface area contributed by atoms with E-state index in [0.717, 1.165) is 42.1 Å². The van der Waals surface area contributed by atoms with E-state index in [1.54, 1.807) is 0 Å². The molecule has 4 rings (SSSR count). The number of nitrogens with zero attached hydrogens (tertiary/aromatic N) is 2. The first-order valence-corrected chi connectivity index (χ1v) is 8.30. The molecule has 2 heterocycles. The van der Waals surface area contributed by atoms with Crippen molar-refractivity contribution >= 4 is 34.9 Å². The number of nitrogens with one attached hydrogen (secondary N) is 2. The van der Waals surface area contributed by atoms with Gasteiger partial charge in [-0.1, -0.05) is 41.9 Å². The van der Waals surface area contributed by atoms with Gasteiger partial charge in [0.05, 0.1) is 11.7 Å². The molecule has 2 aromatic carbocycles. The third kappa shape index (κ3) is 3.42. The number of hydrogen-bond acceptors (Lipinski definition) is 3. The Kier molecular flexibility index (Phi) is 5.41. The Bertz CT molecular complexity index is 817. The van der Waals surface area contributed by atoms with Crippen molar-refractivity contribution in [2.24, 2.45) is 0 Å². The number of piperazine rings is 1. The molecule has 1 fully saturated rings. The molecule has 126 valence electrons. The maximum absolute atomic E-state index is 6.42. The zero-order valence-corrected chi connectivity index (χ0v) is 14.8. The normalized spacial score (nSPS) is 18.5. The number of rotatable bonds is 3. The molecule has 1 aliphatic rings.